The zero-order valence-corrected chi connectivity index (χ0v) is 13.1. The van der Waals surface area contributed by atoms with Crippen LogP contribution < -0.4 is 10.6 Å². The van der Waals surface area contributed by atoms with E-state index in [0.29, 0.717) is 6.07 Å². The van der Waals surface area contributed by atoms with Gasteiger partial charge in [-0.3, -0.25) is 14.9 Å². The van der Waals surface area contributed by atoms with Crippen LogP contribution in [0.25, 0.3) is 0 Å². The molecular formula is C14H10ClF3N4O3. The number of carbonyl (C=O) groups excluding carboxylic acids is 1. The Morgan fingerprint density at radius 2 is 2.04 bits per heavy atom. The fourth-order valence-corrected chi connectivity index (χ4v) is 2.14. The minimum absolute atomic E-state index is 0.259. The van der Waals surface area contributed by atoms with Crippen LogP contribution in [0.3, 0.4) is 0 Å². The fourth-order valence-electron chi connectivity index (χ4n) is 1.87. The molecule has 2 N–H and O–H groups in total. The van der Waals surface area contributed by atoms with E-state index in [2.05, 4.69) is 15.6 Å². The van der Waals surface area contributed by atoms with Crippen LogP contribution in [0.4, 0.5) is 30.4 Å². The number of hydrogen-bond acceptors (Lipinski definition) is 5. The van der Waals surface area contributed by atoms with Crippen LogP contribution in [0, 0.1) is 10.1 Å². The van der Waals surface area contributed by atoms with Crippen LogP contribution in [0.2, 0.25) is 5.02 Å². The van der Waals surface area contributed by atoms with Crippen molar-refractivity contribution in [2.75, 3.05) is 17.2 Å². The highest BCUT2D eigenvalue weighted by Gasteiger charge is 2.36. The van der Waals surface area contributed by atoms with Gasteiger partial charge in [-0.15, -0.1) is 0 Å². The molecule has 0 saturated heterocycles. The monoisotopic (exact) mass is 374 g/mol. The SMILES string of the molecule is O=C(CNc1cc(Cl)c(C(F)(F)F)cc1[N+](=O)[O-])Nc1ccccn1. The van der Waals surface area contributed by atoms with E-state index in [1.807, 2.05) is 0 Å². The number of nitrogens with zero attached hydrogens (tertiary/aromatic N) is 2. The molecule has 0 fully saturated rings. The molecule has 2 rings (SSSR count). The maximum absolute atomic E-state index is 12.8. The lowest BCUT2D eigenvalue weighted by Crippen LogP contribution is -2.22. The van der Waals surface area contributed by atoms with Gasteiger partial charge in [0.1, 0.15) is 11.5 Å². The summed E-state index contributed by atoms with van der Waals surface area (Å²) in [4.78, 5) is 25.6. The summed E-state index contributed by atoms with van der Waals surface area (Å²) in [5.41, 5.74) is -2.48. The van der Waals surface area contributed by atoms with Gasteiger partial charge in [0.05, 0.1) is 22.1 Å². The molecule has 0 radical (unpaired) electrons. The summed E-state index contributed by atoms with van der Waals surface area (Å²) in [6, 6.07) is 5.88. The standard InChI is InChI=1S/C14H10ClF3N4O3/c15-9-6-10(11(22(24)25)5-8(9)14(16,17)18)20-7-13(23)21-12-3-1-2-4-19-12/h1-6,20H,7H2,(H,19,21,23). The third kappa shape index (κ3) is 4.80. The molecule has 132 valence electrons. The molecule has 11 heteroatoms. The summed E-state index contributed by atoms with van der Waals surface area (Å²) in [5, 5.41) is 15.1. The first-order valence-corrected chi connectivity index (χ1v) is 7.06. The average molecular weight is 375 g/mol. The van der Waals surface area contributed by atoms with Gasteiger partial charge in [-0.25, -0.2) is 4.98 Å². The largest absolute Gasteiger partial charge is 0.418 e. The predicted octanol–water partition coefficient (Wildman–Crippen LogP) is 3.71. The van der Waals surface area contributed by atoms with Gasteiger partial charge in [-0.05, 0) is 18.2 Å². The fraction of sp³-hybridized carbons (Fsp3) is 0.143. The third-order valence-corrected chi connectivity index (χ3v) is 3.27. The van der Waals surface area contributed by atoms with Gasteiger partial charge in [-0.1, -0.05) is 17.7 Å². The van der Waals surface area contributed by atoms with Crippen LogP contribution >= 0.6 is 11.6 Å². The minimum atomic E-state index is -4.84. The second kappa shape index (κ2) is 7.34. The Morgan fingerprint density at radius 3 is 2.60 bits per heavy atom. The first kappa shape index (κ1) is 18.5. The lowest BCUT2D eigenvalue weighted by Gasteiger charge is -2.12. The van der Waals surface area contributed by atoms with Crippen molar-refractivity contribution in [1.82, 2.24) is 4.98 Å². The number of anilines is 2. The minimum Gasteiger partial charge on any atom is -0.371 e. The van der Waals surface area contributed by atoms with E-state index in [1.54, 1.807) is 12.1 Å². The number of aromatic nitrogens is 1. The Labute approximate surface area is 144 Å². The van der Waals surface area contributed by atoms with Gasteiger partial charge in [0.25, 0.3) is 5.69 Å². The number of nitro groups is 1. The lowest BCUT2D eigenvalue weighted by molar-refractivity contribution is -0.384. The van der Waals surface area contributed by atoms with Gasteiger partial charge in [-0.2, -0.15) is 13.2 Å². The number of rotatable bonds is 5. The van der Waals surface area contributed by atoms with E-state index in [0.717, 1.165) is 6.07 Å². The summed E-state index contributed by atoms with van der Waals surface area (Å²) in [7, 11) is 0. The molecule has 0 aliphatic heterocycles. The Morgan fingerprint density at radius 1 is 1.32 bits per heavy atom. The number of nitro benzene ring substituents is 1. The maximum Gasteiger partial charge on any atom is 0.418 e. The molecule has 0 saturated carbocycles. The molecule has 0 aliphatic carbocycles. The number of alkyl halides is 3. The number of carbonyl (C=O) groups is 1. The maximum atomic E-state index is 12.8. The van der Waals surface area contributed by atoms with Crippen molar-refractivity contribution in [3.63, 3.8) is 0 Å². The van der Waals surface area contributed by atoms with Gasteiger partial charge in [0.15, 0.2) is 0 Å². The molecule has 7 nitrogen and oxygen atoms in total. The Kier molecular flexibility index (Phi) is 5.42. The van der Waals surface area contributed by atoms with Crippen molar-refractivity contribution in [3.05, 3.63) is 57.2 Å². The molecular weight excluding hydrogens is 365 g/mol. The zero-order chi connectivity index (χ0) is 18.6. The number of halogens is 4. The molecule has 1 aromatic heterocycles. The topological polar surface area (TPSA) is 97.2 Å². The Bertz CT molecular complexity index is 800. The van der Waals surface area contributed by atoms with Crippen molar-refractivity contribution in [1.29, 1.82) is 0 Å². The summed E-state index contributed by atoms with van der Waals surface area (Å²) >= 11 is 5.54. The van der Waals surface area contributed by atoms with E-state index < -0.39 is 39.8 Å². The van der Waals surface area contributed by atoms with Crippen molar-refractivity contribution < 1.29 is 22.9 Å². The zero-order valence-electron chi connectivity index (χ0n) is 12.3. The average Bonchev–Trinajstić information content (AvgIpc) is 2.52. The van der Waals surface area contributed by atoms with Gasteiger partial charge in [0.2, 0.25) is 5.91 Å². The van der Waals surface area contributed by atoms with E-state index in [4.69, 9.17) is 11.6 Å². The summed E-state index contributed by atoms with van der Waals surface area (Å²) in [5.74, 6) is -0.335. The molecule has 0 aliphatic rings. The molecule has 0 bridgehead atoms. The number of benzene rings is 1. The molecule has 0 unspecified atom stereocenters. The smallest absolute Gasteiger partial charge is 0.371 e. The second-order valence-corrected chi connectivity index (χ2v) is 5.13. The predicted molar refractivity (Wildman–Crippen MR) is 84.5 cm³/mol. The van der Waals surface area contributed by atoms with E-state index >= 15 is 0 Å². The van der Waals surface area contributed by atoms with Gasteiger partial charge < -0.3 is 10.6 Å². The highest BCUT2D eigenvalue weighted by Crippen LogP contribution is 2.40. The summed E-state index contributed by atoms with van der Waals surface area (Å²) < 4.78 is 38.3. The quantitative estimate of drug-likeness (QED) is 0.614. The highest BCUT2D eigenvalue weighted by atomic mass is 35.5. The number of amides is 1. The van der Waals surface area contributed by atoms with E-state index in [1.165, 1.54) is 12.3 Å². The molecule has 0 spiro atoms. The first-order chi connectivity index (χ1) is 11.7. The molecule has 0 atom stereocenters. The Balaban J connectivity index is 2.17. The summed E-state index contributed by atoms with van der Waals surface area (Å²) in [6.45, 7) is -0.431. The molecule has 1 heterocycles. The van der Waals surface area contributed by atoms with Crippen molar-refractivity contribution in [2.24, 2.45) is 0 Å². The molecule has 1 amide bonds. The van der Waals surface area contributed by atoms with Crippen LogP contribution in [0.5, 0.6) is 0 Å². The molecule has 1 aromatic carbocycles. The highest BCUT2D eigenvalue weighted by molar-refractivity contribution is 6.31. The second-order valence-electron chi connectivity index (χ2n) is 4.72. The first-order valence-electron chi connectivity index (χ1n) is 6.68. The van der Waals surface area contributed by atoms with Crippen LogP contribution in [0.1, 0.15) is 5.56 Å². The summed E-state index contributed by atoms with van der Waals surface area (Å²) in [6.07, 6.45) is -3.39. The molecule has 2 aromatic rings. The number of nitrogens with one attached hydrogen (secondary N) is 2. The lowest BCUT2D eigenvalue weighted by atomic mass is 10.1. The van der Waals surface area contributed by atoms with Crippen LogP contribution in [-0.2, 0) is 11.0 Å². The van der Waals surface area contributed by atoms with Crippen molar-refractivity contribution in [2.45, 2.75) is 6.18 Å². The van der Waals surface area contributed by atoms with Gasteiger partial charge in [0, 0.05) is 12.3 Å². The van der Waals surface area contributed by atoms with Crippen molar-refractivity contribution >= 4 is 34.7 Å². The van der Waals surface area contributed by atoms with E-state index in [-0.39, 0.29) is 11.5 Å². The van der Waals surface area contributed by atoms with E-state index in [9.17, 15) is 28.1 Å². The normalized spacial score (nSPS) is 11.0. The Hall–Kier alpha value is -2.88. The van der Waals surface area contributed by atoms with Gasteiger partial charge >= 0.3 is 6.18 Å². The van der Waals surface area contributed by atoms with Crippen LogP contribution in [0.15, 0.2) is 36.5 Å². The number of pyridine rings is 1. The third-order valence-electron chi connectivity index (χ3n) is 2.96. The number of hydrogen-bond donors (Lipinski definition) is 2. The van der Waals surface area contributed by atoms with Crippen LogP contribution in [-0.4, -0.2) is 22.4 Å². The molecule has 25 heavy (non-hydrogen) atoms. The van der Waals surface area contributed by atoms with Crippen molar-refractivity contribution in [3.8, 4) is 0 Å².